The van der Waals surface area contributed by atoms with Crippen LogP contribution < -0.4 is 4.98 Å². The van der Waals surface area contributed by atoms with Crippen LogP contribution in [-0.4, -0.2) is 30.9 Å². The summed E-state index contributed by atoms with van der Waals surface area (Å²) in [5, 5.41) is 9.19. The Balaban J connectivity index is 1.72. The number of hydrogen-bond acceptors (Lipinski definition) is 5. The van der Waals surface area contributed by atoms with Crippen LogP contribution in [0, 0.1) is 6.92 Å². The fourth-order valence-electron chi connectivity index (χ4n) is 3.59. The van der Waals surface area contributed by atoms with Gasteiger partial charge in [0.2, 0.25) is 14.8 Å². The molecule has 0 fully saturated rings. The van der Waals surface area contributed by atoms with Gasteiger partial charge in [0, 0.05) is 17.0 Å². The second-order valence-electron chi connectivity index (χ2n) is 7.44. The predicted molar refractivity (Wildman–Crippen MR) is 129 cm³/mol. The van der Waals surface area contributed by atoms with Crippen LogP contribution in [0.15, 0.2) is 70.0 Å². The minimum atomic E-state index is -2.01. The number of carbonyl (C=O) groups is 1. The number of rotatable bonds is 7. The van der Waals surface area contributed by atoms with Crippen LogP contribution in [-0.2, 0) is 6.54 Å². The number of hydrogen-bond donors (Lipinski definition) is 2. The van der Waals surface area contributed by atoms with Crippen LogP contribution in [0.25, 0.3) is 33.7 Å². The Labute approximate surface area is 187 Å². The maximum absolute atomic E-state index is 11.2. The van der Waals surface area contributed by atoms with Crippen LogP contribution in [0.4, 0.5) is 4.79 Å². The van der Waals surface area contributed by atoms with E-state index in [1.165, 1.54) is 0 Å². The highest BCUT2D eigenvalue weighted by molar-refractivity contribution is 7.98. The molecule has 1 atom stereocenters. The summed E-state index contributed by atoms with van der Waals surface area (Å²) in [6.45, 7) is 4.37. The fourth-order valence-corrected chi connectivity index (χ4v) is 4.91. The highest BCUT2D eigenvalue weighted by Crippen LogP contribution is 2.34. The van der Waals surface area contributed by atoms with Gasteiger partial charge in [-0.05, 0) is 60.2 Å². The lowest BCUT2D eigenvalue weighted by Gasteiger charge is -2.10. The second kappa shape index (κ2) is 9.09. The molecule has 2 N–H and O–H groups in total. The number of nitrogens with zero attached hydrogens (tertiary/aromatic N) is 1. The molecule has 5 nitrogen and oxygen atoms in total. The van der Waals surface area contributed by atoms with Crippen molar-refractivity contribution < 1.29 is 14.3 Å². The molecule has 0 aliphatic rings. The van der Waals surface area contributed by atoms with Gasteiger partial charge >= 0.3 is 0 Å². The van der Waals surface area contributed by atoms with E-state index in [0.717, 1.165) is 43.8 Å². The molecular weight excluding hydrogens is 424 g/mol. The molecular formula is C24H24N2O3SSi. The van der Waals surface area contributed by atoms with E-state index in [0.29, 0.717) is 12.4 Å². The third kappa shape index (κ3) is 4.44. The Morgan fingerprint density at radius 2 is 1.87 bits per heavy atom. The van der Waals surface area contributed by atoms with Crippen LogP contribution in [0.3, 0.4) is 0 Å². The number of nitrogens with one attached hydrogen (secondary N) is 1. The van der Waals surface area contributed by atoms with Gasteiger partial charge in [-0.15, -0.1) is 11.8 Å². The summed E-state index contributed by atoms with van der Waals surface area (Å²) in [4.78, 5) is 20.2. The van der Waals surface area contributed by atoms with Crippen molar-refractivity contribution in [1.82, 2.24) is 9.97 Å². The molecule has 0 bridgehead atoms. The van der Waals surface area contributed by atoms with E-state index in [9.17, 15) is 9.90 Å². The van der Waals surface area contributed by atoms with Crippen molar-refractivity contribution in [2.24, 2.45) is 0 Å². The maximum Gasteiger partial charge on any atom is 0.283 e. The number of oxazole rings is 1. The molecule has 158 valence electrons. The summed E-state index contributed by atoms with van der Waals surface area (Å²) in [6, 6.07) is 20.5. The molecule has 31 heavy (non-hydrogen) atoms. The largest absolute Gasteiger partial charge is 0.485 e. The summed E-state index contributed by atoms with van der Waals surface area (Å²) in [7, 11) is -2.01. The van der Waals surface area contributed by atoms with Gasteiger partial charge in [0.1, 0.15) is 5.52 Å². The van der Waals surface area contributed by atoms with Gasteiger partial charge in [0.25, 0.3) is 5.59 Å². The third-order valence-corrected chi connectivity index (χ3v) is 7.79. The molecule has 0 amide bonds. The SMILES string of the molecule is CSc1cc2oc(-c3cccc(-c4ccccc4)c3C)nc2cc1CN[Si@@H](C)C(=O)O. The second-order valence-corrected chi connectivity index (χ2v) is 10.6. The van der Waals surface area contributed by atoms with Crippen molar-refractivity contribution in [2.75, 3.05) is 6.26 Å². The van der Waals surface area contributed by atoms with Crippen molar-refractivity contribution in [2.45, 2.75) is 24.9 Å². The standard InChI is InChI=1S/C24H24N2O3SSi/c1-15-18(16-8-5-4-6-9-16)10-7-11-19(15)23-26-20-12-17(14-25-31(3)24(27)28)22(30-2)13-21(20)29-23/h4-13,25,31H,14H2,1-3H3,(H,27,28)/t31-/m0/s1. The maximum atomic E-state index is 11.2. The number of aromatic nitrogens is 1. The Bertz CT molecular complexity index is 1240. The van der Waals surface area contributed by atoms with E-state index in [-0.39, 0.29) is 0 Å². The molecule has 4 aromatic rings. The molecule has 0 saturated carbocycles. The molecule has 4 rings (SSSR count). The number of carboxylic acid groups (broad SMARTS) is 1. The van der Waals surface area contributed by atoms with Gasteiger partial charge in [-0.2, -0.15) is 0 Å². The molecule has 0 aliphatic carbocycles. The van der Waals surface area contributed by atoms with Crippen molar-refractivity contribution in [3.05, 3.63) is 71.8 Å². The molecule has 7 heteroatoms. The molecule has 0 aliphatic heterocycles. The number of thioether (sulfide) groups is 1. The average Bonchev–Trinajstić information content (AvgIpc) is 3.19. The van der Waals surface area contributed by atoms with Gasteiger partial charge in [0.15, 0.2) is 5.58 Å². The quantitative estimate of drug-likeness (QED) is 0.271. The van der Waals surface area contributed by atoms with E-state index in [4.69, 9.17) is 9.40 Å². The first kappa shape index (κ1) is 21.4. The normalized spacial score (nSPS) is 12.2. The van der Waals surface area contributed by atoms with E-state index in [1.807, 2.05) is 48.7 Å². The first-order chi connectivity index (χ1) is 15.0. The summed E-state index contributed by atoms with van der Waals surface area (Å²) >= 11 is 1.62. The monoisotopic (exact) mass is 448 g/mol. The van der Waals surface area contributed by atoms with E-state index in [2.05, 4.69) is 30.1 Å². The number of benzene rings is 3. The molecule has 0 saturated heterocycles. The molecule has 3 aromatic carbocycles. The first-order valence-corrected chi connectivity index (χ1v) is 13.6. The smallest absolute Gasteiger partial charge is 0.283 e. The number of fused-ring (bicyclic) bond motifs is 1. The molecule has 1 heterocycles. The topological polar surface area (TPSA) is 75.4 Å². The lowest BCUT2D eigenvalue weighted by molar-refractivity contribution is 0.218. The summed E-state index contributed by atoms with van der Waals surface area (Å²) in [6.07, 6.45) is 2.01. The van der Waals surface area contributed by atoms with Gasteiger partial charge < -0.3 is 14.5 Å². The fraction of sp³-hybridized carbons (Fsp3) is 0.167. The van der Waals surface area contributed by atoms with Gasteiger partial charge in [-0.25, -0.2) is 4.98 Å². The van der Waals surface area contributed by atoms with E-state index in [1.54, 1.807) is 18.3 Å². The Morgan fingerprint density at radius 1 is 1.13 bits per heavy atom. The van der Waals surface area contributed by atoms with Crippen molar-refractivity contribution >= 4 is 37.4 Å². The van der Waals surface area contributed by atoms with Crippen LogP contribution in [0.1, 0.15) is 11.1 Å². The lowest BCUT2D eigenvalue weighted by Crippen LogP contribution is -2.37. The van der Waals surface area contributed by atoms with Gasteiger partial charge in [-0.1, -0.05) is 42.5 Å². The summed E-state index contributed by atoms with van der Waals surface area (Å²) in [5.74, 6) is 0.593. The predicted octanol–water partition coefficient (Wildman–Crippen LogP) is 5.90. The molecule has 1 aromatic heterocycles. The minimum absolute atomic E-state index is 0.510. The van der Waals surface area contributed by atoms with Crippen LogP contribution in [0.2, 0.25) is 6.55 Å². The Hall–Kier alpha value is -2.87. The zero-order valence-electron chi connectivity index (χ0n) is 17.7. The Morgan fingerprint density at radius 3 is 2.58 bits per heavy atom. The molecule has 0 spiro atoms. The van der Waals surface area contributed by atoms with Crippen molar-refractivity contribution in [1.29, 1.82) is 0 Å². The van der Waals surface area contributed by atoms with Crippen LogP contribution >= 0.6 is 11.8 Å². The molecule has 0 radical (unpaired) electrons. The van der Waals surface area contributed by atoms with E-state index >= 15 is 0 Å². The van der Waals surface area contributed by atoms with E-state index < -0.39 is 14.6 Å². The first-order valence-electron chi connectivity index (χ1n) is 10.1. The third-order valence-electron chi connectivity index (χ3n) is 5.41. The lowest BCUT2D eigenvalue weighted by atomic mass is 9.96. The van der Waals surface area contributed by atoms with Gasteiger partial charge in [0.05, 0.1) is 0 Å². The average molecular weight is 449 g/mol. The van der Waals surface area contributed by atoms with Gasteiger partial charge in [-0.3, -0.25) is 4.79 Å². The highest BCUT2D eigenvalue weighted by atomic mass is 32.2. The zero-order valence-corrected chi connectivity index (χ0v) is 19.6. The highest BCUT2D eigenvalue weighted by Gasteiger charge is 2.17. The summed E-state index contributed by atoms with van der Waals surface area (Å²) < 4.78 is 6.16. The minimum Gasteiger partial charge on any atom is -0.485 e. The summed E-state index contributed by atoms with van der Waals surface area (Å²) in [5.41, 5.74) is 6.22. The zero-order chi connectivity index (χ0) is 22.0. The molecule has 0 unspecified atom stereocenters. The van der Waals surface area contributed by atoms with Crippen molar-refractivity contribution in [3.63, 3.8) is 0 Å². The van der Waals surface area contributed by atoms with Crippen molar-refractivity contribution in [3.8, 4) is 22.6 Å². The van der Waals surface area contributed by atoms with Crippen LogP contribution in [0.5, 0.6) is 0 Å². The Kier molecular flexibility index (Phi) is 6.27.